The van der Waals surface area contributed by atoms with Gasteiger partial charge < -0.3 is 9.67 Å². The van der Waals surface area contributed by atoms with Crippen molar-refractivity contribution >= 4 is 21.4 Å². The van der Waals surface area contributed by atoms with Crippen molar-refractivity contribution in [3.05, 3.63) is 34.9 Å². The molecule has 0 bridgehead atoms. The first-order chi connectivity index (χ1) is 10.9. The number of aromatic nitrogens is 2. The maximum atomic E-state index is 12.8. The number of sulfonamides is 1. The minimum absolute atomic E-state index is 0.0209. The van der Waals surface area contributed by atoms with Crippen LogP contribution in [-0.2, 0) is 10.0 Å². The molecule has 0 aromatic carbocycles. The Bertz CT molecular complexity index is 753. The van der Waals surface area contributed by atoms with Crippen LogP contribution >= 0.6 is 11.3 Å². The van der Waals surface area contributed by atoms with Crippen molar-refractivity contribution in [3.63, 3.8) is 0 Å². The molecule has 3 rings (SSSR count). The quantitative estimate of drug-likeness (QED) is 0.889. The zero-order valence-electron chi connectivity index (χ0n) is 13.2. The second kappa shape index (κ2) is 6.35. The summed E-state index contributed by atoms with van der Waals surface area (Å²) in [5.74, 6) is -0.0419. The molecule has 8 heteroatoms. The van der Waals surface area contributed by atoms with Crippen LogP contribution in [0.1, 0.15) is 31.4 Å². The molecular weight excluding hydrogens is 334 g/mol. The van der Waals surface area contributed by atoms with Crippen molar-refractivity contribution in [1.29, 1.82) is 0 Å². The Labute approximate surface area is 140 Å². The smallest absolute Gasteiger partial charge is 0.262 e. The standard InChI is InChI=1S/C15H21N3O3S2/c1-11(2)17-7-15(16-10-17)23(20,21)18-5-13(8-19)14(6-18)12-3-4-22-9-12/h3-4,7,9-11,13-14,19H,5-6,8H2,1-2H3/t13-,14+/m0/s1. The van der Waals surface area contributed by atoms with Crippen molar-refractivity contribution in [2.24, 2.45) is 5.92 Å². The third-order valence-electron chi connectivity index (χ3n) is 4.39. The van der Waals surface area contributed by atoms with Crippen molar-refractivity contribution in [2.75, 3.05) is 19.7 Å². The van der Waals surface area contributed by atoms with E-state index in [1.165, 1.54) is 4.31 Å². The normalized spacial score (nSPS) is 23.0. The van der Waals surface area contributed by atoms with Gasteiger partial charge in [0.2, 0.25) is 0 Å². The van der Waals surface area contributed by atoms with Gasteiger partial charge in [-0.25, -0.2) is 13.4 Å². The van der Waals surface area contributed by atoms with Gasteiger partial charge in [0.1, 0.15) is 0 Å². The number of imidazole rings is 1. The number of hydrogen-bond acceptors (Lipinski definition) is 5. The first-order valence-corrected chi connectivity index (χ1v) is 9.98. The van der Waals surface area contributed by atoms with Crippen LogP contribution in [0.3, 0.4) is 0 Å². The van der Waals surface area contributed by atoms with Crippen LogP contribution in [0.4, 0.5) is 0 Å². The van der Waals surface area contributed by atoms with Crippen LogP contribution in [-0.4, -0.2) is 47.1 Å². The molecule has 1 N–H and O–H groups in total. The van der Waals surface area contributed by atoms with Crippen LogP contribution in [0.15, 0.2) is 34.4 Å². The monoisotopic (exact) mass is 355 g/mol. The zero-order chi connectivity index (χ0) is 16.6. The van der Waals surface area contributed by atoms with Gasteiger partial charge in [-0.3, -0.25) is 0 Å². The molecule has 23 heavy (non-hydrogen) atoms. The van der Waals surface area contributed by atoms with E-state index in [1.54, 1.807) is 28.4 Å². The van der Waals surface area contributed by atoms with Gasteiger partial charge in [-0.2, -0.15) is 15.6 Å². The van der Waals surface area contributed by atoms with E-state index in [4.69, 9.17) is 0 Å². The van der Waals surface area contributed by atoms with Gasteiger partial charge in [-0.05, 0) is 36.2 Å². The number of hydrogen-bond donors (Lipinski definition) is 1. The van der Waals surface area contributed by atoms with Gasteiger partial charge in [-0.1, -0.05) is 0 Å². The predicted molar refractivity (Wildman–Crippen MR) is 89.0 cm³/mol. The maximum absolute atomic E-state index is 12.8. The molecule has 0 saturated carbocycles. The van der Waals surface area contributed by atoms with E-state index >= 15 is 0 Å². The van der Waals surface area contributed by atoms with Gasteiger partial charge in [-0.15, -0.1) is 0 Å². The maximum Gasteiger partial charge on any atom is 0.262 e. The highest BCUT2D eigenvalue weighted by Gasteiger charge is 2.40. The van der Waals surface area contributed by atoms with E-state index in [2.05, 4.69) is 4.98 Å². The van der Waals surface area contributed by atoms with Crippen LogP contribution in [0, 0.1) is 5.92 Å². The van der Waals surface area contributed by atoms with Crippen LogP contribution in [0.2, 0.25) is 0 Å². The molecule has 6 nitrogen and oxygen atoms in total. The lowest BCUT2D eigenvalue weighted by Crippen LogP contribution is -2.29. The van der Waals surface area contributed by atoms with Crippen molar-refractivity contribution < 1.29 is 13.5 Å². The average Bonchev–Trinajstić information content (AvgIpc) is 3.25. The number of aliphatic hydroxyl groups excluding tert-OH is 1. The van der Waals surface area contributed by atoms with Crippen LogP contribution in [0.5, 0.6) is 0 Å². The van der Waals surface area contributed by atoms with E-state index in [0.717, 1.165) is 5.56 Å². The van der Waals surface area contributed by atoms with E-state index in [0.29, 0.717) is 13.1 Å². The lowest BCUT2D eigenvalue weighted by molar-refractivity contribution is 0.223. The van der Waals surface area contributed by atoms with E-state index in [-0.39, 0.29) is 29.5 Å². The Hall–Kier alpha value is -1.22. The summed E-state index contributed by atoms with van der Waals surface area (Å²) in [6, 6.07) is 2.16. The summed E-state index contributed by atoms with van der Waals surface area (Å²) in [6.45, 7) is 4.64. The molecule has 1 aliphatic rings. The molecule has 0 aliphatic carbocycles. The Kier molecular flexibility index (Phi) is 4.59. The van der Waals surface area contributed by atoms with Gasteiger partial charge in [0.15, 0.2) is 5.03 Å². The Morgan fingerprint density at radius 2 is 2.22 bits per heavy atom. The molecule has 2 aromatic rings. The van der Waals surface area contributed by atoms with E-state index < -0.39 is 10.0 Å². The number of aliphatic hydroxyl groups is 1. The van der Waals surface area contributed by atoms with E-state index in [1.807, 2.05) is 30.7 Å². The minimum Gasteiger partial charge on any atom is -0.396 e. The van der Waals surface area contributed by atoms with Gasteiger partial charge >= 0.3 is 0 Å². The predicted octanol–water partition coefficient (Wildman–Crippen LogP) is 1.92. The summed E-state index contributed by atoms with van der Waals surface area (Å²) in [5, 5.41) is 13.7. The van der Waals surface area contributed by atoms with Crippen molar-refractivity contribution in [1.82, 2.24) is 13.9 Å². The fourth-order valence-corrected chi connectivity index (χ4v) is 5.11. The zero-order valence-corrected chi connectivity index (χ0v) is 14.8. The third-order valence-corrected chi connectivity index (χ3v) is 6.81. The molecule has 1 aliphatic heterocycles. The van der Waals surface area contributed by atoms with Gasteiger partial charge in [0.05, 0.1) is 6.33 Å². The van der Waals surface area contributed by atoms with Crippen LogP contribution < -0.4 is 0 Å². The summed E-state index contributed by atoms with van der Waals surface area (Å²) in [7, 11) is -3.62. The van der Waals surface area contributed by atoms with Gasteiger partial charge in [0.25, 0.3) is 10.0 Å². The largest absolute Gasteiger partial charge is 0.396 e. The summed E-state index contributed by atoms with van der Waals surface area (Å²) < 4.78 is 28.9. The highest BCUT2D eigenvalue weighted by molar-refractivity contribution is 7.89. The van der Waals surface area contributed by atoms with E-state index in [9.17, 15) is 13.5 Å². The highest BCUT2D eigenvalue weighted by atomic mass is 32.2. The Morgan fingerprint density at radius 3 is 2.78 bits per heavy atom. The molecular formula is C15H21N3O3S2. The number of nitrogens with zero attached hydrogens (tertiary/aromatic N) is 3. The van der Waals surface area contributed by atoms with Gasteiger partial charge in [0, 0.05) is 43.8 Å². The second-order valence-electron chi connectivity index (χ2n) is 6.18. The molecule has 1 fully saturated rings. The molecule has 0 unspecified atom stereocenters. The molecule has 0 amide bonds. The van der Waals surface area contributed by atoms with Crippen molar-refractivity contribution in [2.45, 2.75) is 30.8 Å². The molecule has 0 radical (unpaired) electrons. The van der Waals surface area contributed by atoms with Crippen LogP contribution in [0.25, 0.3) is 0 Å². The van der Waals surface area contributed by atoms with Crippen molar-refractivity contribution in [3.8, 4) is 0 Å². The summed E-state index contributed by atoms with van der Waals surface area (Å²) in [6.07, 6.45) is 3.12. The topological polar surface area (TPSA) is 75.4 Å². The fraction of sp³-hybridized carbons (Fsp3) is 0.533. The molecule has 2 aromatic heterocycles. The minimum atomic E-state index is -3.62. The fourth-order valence-electron chi connectivity index (χ4n) is 2.94. The third kappa shape index (κ3) is 3.08. The SMILES string of the molecule is CC(C)n1cnc(S(=O)(=O)N2C[C@@H](CO)[C@@H](c3ccsc3)C2)c1. The molecule has 2 atom stereocenters. The Morgan fingerprint density at radius 1 is 1.43 bits per heavy atom. The summed E-state index contributed by atoms with van der Waals surface area (Å²) in [5.41, 5.74) is 1.10. The lowest BCUT2D eigenvalue weighted by atomic mass is 9.92. The summed E-state index contributed by atoms with van der Waals surface area (Å²) in [4.78, 5) is 4.07. The molecule has 126 valence electrons. The molecule has 1 saturated heterocycles. The first kappa shape index (κ1) is 16.6. The molecule has 0 spiro atoms. The highest BCUT2D eigenvalue weighted by Crippen LogP contribution is 2.36. The summed E-state index contributed by atoms with van der Waals surface area (Å²) >= 11 is 1.59. The molecule has 3 heterocycles. The Balaban J connectivity index is 1.86. The average molecular weight is 355 g/mol. The lowest BCUT2D eigenvalue weighted by Gasteiger charge is -2.14. The number of thiophene rings is 1. The second-order valence-corrected chi connectivity index (χ2v) is 8.85. The first-order valence-electron chi connectivity index (χ1n) is 7.60. The number of rotatable bonds is 5.